The highest BCUT2D eigenvalue weighted by atomic mass is 16.2. The van der Waals surface area contributed by atoms with Gasteiger partial charge in [0.1, 0.15) is 5.82 Å². The fraction of sp³-hybridized carbons (Fsp3) is 0.242. The van der Waals surface area contributed by atoms with E-state index in [9.17, 15) is 4.79 Å². The van der Waals surface area contributed by atoms with Crippen LogP contribution in [0.15, 0.2) is 84.9 Å². The van der Waals surface area contributed by atoms with Crippen molar-refractivity contribution in [2.75, 3.05) is 31.1 Å². The van der Waals surface area contributed by atoms with E-state index in [1.54, 1.807) is 6.08 Å². The van der Waals surface area contributed by atoms with Gasteiger partial charge in [-0.3, -0.25) is 4.79 Å². The Balaban J connectivity index is 1.41. The molecule has 1 aromatic heterocycles. The Morgan fingerprint density at radius 3 is 2.24 bits per heavy atom. The highest BCUT2D eigenvalue weighted by Crippen LogP contribution is 2.29. The van der Waals surface area contributed by atoms with Gasteiger partial charge in [-0.15, -0.1) is 0 Å². The highest BCUT2D eigenvalue weighted by Gasteiger charge is 2.25. The molecule has 0 N–H and O–H groups in total. The minimum absolute atomic E-state index is 0.0490. The van der Waals surface area contributed by atoms with Crippen molar-refractivity contribution in [3.05, 3.63) is 118 Å². The van der Waals surface area contributed by atoms with E-state index in [0.29, 0.717) is 13.1 Å². The lowest BCUT2D eigenvalue weighted by Crippen LogP contribution is -2.49. The van der Waals surface area contributed by atoms with Crippen LogP contribution in [0.4, 0.5) is 5.82 Å². The van der Waals surface area contributed by atoms with Gasteiger partial charge in [-0.1, -0.05) is 84.4 Å². The van der Waals surface area contributed by atoms with Crippen LogP contribution in [-0.4, -0.2) is 47.0 Å². The molecule has 2 heterocycles. The largest absolute Gasteiger partial charge is 0.353 e. The van der Waals surface area contributed by atoms with E-state index in [4.69, 9.17) is 9.97 Å². The predicted molar refractivity (Wildman–Crippen MR) is 155 cm³/mol. The van der Waals surface area contributed by atoms with Gasteiger partial charge >= 0.3 is 0 Å². The summed E-state index contributed by atoms with van der Waals surface area (Å²) in [6, 6.07) is 26.7. The lowest BCUT2D eigenvalue weighted by Gasteiger charge is -2.36. The first kappa shape index (κ1) is 25.4. The standard InChI is InChI=1S/C33H34N4O/c1-24-14-15-25(2)29(22-24)23-30-26(3)34-32(28-12-8-5-9-13-28)35-33(30)37-20-18-36(19-21-37)31(38)17-16-27-10-6-4-7-11-27/h4-17,22H,18-21,23H2,1-3H3/b17-16+. The second kappa shape index (κ2) is 11.4. The molecule has 3 aromatic carbocycles. The van der Waals surface area contributed by atoms with E-state index in [2.05, 4.69) is 56.0 Å². The fourth-order valence-corrected chi connectivity index (χ4v) is 4.92. The summed E-state index contributed by atoms with van der Waals surface area (Å²) < 4.78 is 0. The van der Waals surface area contributed by atoms with Crippen LogP contribution in [0.1, 0.15) is 33.5 Å². The van der Waals surface area contributed by atoms with Crippen molar-refractivity contribution in [1.82, 2.24) is 14.9 Å². The van der Waals surface area contributed by atoms with E-state index in [1.807, 2.05) is 59.5 Å². The zero-order valence-electron chi connectivity index (χ0n) is 22.4. The first-order valence-electron chi connectivity index (χ1n) is 13.2. The summed E-state index contributed by atoms with van der Waals surface area (Å²) in [5.74, 6) is 1.77. The number of benzene rings is 3. The molecule has 5 heteroatoms. The molecule has 0 spiro atoms. The maximum absolute atomic E-state index is 12.9. The van der Waals surface area contributed by atoms with Crippen LogP contribution in [0.2, 0.25) is 0 Å². The molecule has 0 atom stereocenters. The number of carbonyl (C=O) groups is 1. The van der Waals surface area contributed by atoms with Crippen LogP contribution >= 0.6 is 0 Å². The average molecular weight is 503 g/mol. The number of hydrogen-bond donors (Lipinski definition) is 0. The molecule has 38 heavy (non-hydrogen) atoms. The Labute approximate surface area is 225 Å². The molecule has 1 fully saturated rings. The molecule has 4 aromatic rings. The summed E-state index contributed by atoms with van der Waals surface area (Å²) in [5, 5.41) is 0. The Hall–Kier alpha value is -4.25. The summed E-state index contributed by atoms with van der Waals surface area (Å²) in [6.45, 7) is 9.16. The molecule has 5 nitrogen and oxygen atoms in total. The molecule has 1 amide bonds. The molecule has 0 radical (unpaired) electrons. The van der Waals surface area contributed by atoms with Crippen LogP contribution in [0, 0.1) is 20.8 Å². The predicted octanol–water partition coefficient (Wildman–Crippen LogP) is 6.02. The molecule has 1 aliphatic rings. The quantitative estimate of drug-likeness (QED) is 0.303. The second-order valence-electron chi connectivity index (χ2n) is 9.96. The molecule has 0 aliphatic carbocycles. The van der Waals surface area contributed by atoms with Crippen molar-refractivity contribution in [3.63, 3.8) is 0 Å². The van der Waals surface area contributed by atoms with Gasteiger partial charge in [0.05, 0.1) is 0 Å². The number of aromatic nitrogens is 2. The summed E-state index contributed by atoms with van der Waals surface area (Å²) in [6.07, 6.45) is 4.35. The van der Waals surface area contributed by atoms with E-state index in [1.165, 1.54) is 16.7 Å². The van der Waals surface area contributed by atoms with Gasteiger partial charge in [0.15, 0.2) is 5.82 Å². The maximum Gasteiger partial charge on any atom is 0.246 e. The fourth-order valence-electron chi connectivity index (χ4n) is 4.92. The summed E-state index contributed by atoms with van der Waals surface area (Å²) in [4.78, 5) is 27.2. The highest BCUT2D eigenvalue weighted by molar-refractivity contribution is 5.92. The van der Waals surface area contributed by atoms with Gasteiger partial charge in [-0.25, -0.2) is 9.97 Å². The van der Waals surface area contributed by atoms with Gasteiger partial charge < -0.3 is 9.80 Å². The van der Waals surface area contributed by atoms with Crippen LogP contribution in [0.3, 0.4) is 0 Å². The number of amides is 1. The smallest absolute Gasteiger partial charge is 0.246 e. The molecule has 1 saturated heterocycles. The number of anilines is 1. The lowest BCUT2D eigenvalue weighted by atomic mass is 9.97. The topological polar surface area (TPSA) is 49.3 Å². The molecule has 0 saturated carbocycles. The van der Waals surface area contributed by atoms with E-state index in [-0.39, 0.29) is 5.91 Å². The third-order valence-corrected chi connectivity index (χ3v) is 7.20. The molecule has 0 unspecified atom stereocenters. The number of piperazine rings is 1. The maximum atomic E-state index is 12.9. The van der Waals surface area contributed by atoms with Crippen molar-refractivity contribution in [2.45, 2.75) is 27.2 Å². The van der Waals surface area contributed by atoms with Gasteiger partial charge in [0, 0.05) is 55.5 Å². The van der Waals surface area contributed by atoms with Gasteiger partial charge in [0.25, 0.3) is 0 Å². The van der Waals surface area contributed by atoms with Crippen molar-refractivity contribution in [3.8, 4) is 11.4 Å². The van der Waals surface area contributed by atoms with Crippen molar-refractivity contribution in [2.24, 2.45) is 0 Å². The minimum atomic E-state index is 0.0490. The van der Waals surface area contributed by atoms with Gasteiger partial charge in [-0.2, -0.15) is 0 Å². The van der Waals surface area contributed by atoms with E-state index >= 15 is 0 Å². The molecule has 1 aliphatic heterocycles. The normalized spacial score (nSPS) is 13.8. The summed E-state index contributed by atoms with van der Waals surface area (Å²) >= 11 is 0. The van der Waals surface area contributed by atoms with Crippen LogP contribution in [-0.2, 0) is 11.2 Å². The summed E-state index contributed by atoms with van der Waals surface area (Å²) in [7, 11) is 0. The van der Waals surface area contributed by atoms with Crippen LogP contribution in [0.25, 0.3) is 17.5 Å². The molecule has 5 rings (SSSR count). The lowest BCUT2D eigenvalue weighted by molar-refractivity contribution is -0.126. The Kier molecular flexibility index (Phi) is 7.64. The molecular formula is C33H34N4O. The third kappa shape index (κ3) is 5.83. The van der Waals surface area contributed by atoms with Crippen LogP contribution in [0.5, 0.6) is 0 Å². The Morgan fingerprint density at radius 1 is 0.842 bits per heavy atom. The third-order valence-electron chi connectivity index (χ3n) is 7.20. The first-order chi connectivity index (χ1) is 18.5. The summed E-state index contributed by atoms with van der Waals surface area (Å²) in [5.41, 5.74) is 8.01. The Bertz CT molecular complexity index is 1440. The number of rotatable bonds is 6. The van der Waals surface area contributed by atoms with E-state index < -0.39 is 0 Å². The average Bonchev–Trinajstić information content (AvgIpc) is 2.95. The van der Waals surface area contributed by atoms with E-state index in [0.717, 1.165) is 53.5 Å². The number of aryl methyl sites for hydroxylation is 3. The zero-order chi connectivity index (χ0) is 26.5. The first-order valence-corrected chi connectivity index (χ1v) is 13.2. The zero-order valence-corrected chi connectivity index (χ0v) is 22.4. The van der Waals surface area contributed by atoms with Crippen molar-refractivity contribution >= 4 is 17.8 Å². The molecule has 192 valence electrons. The second-order valence-corrected chi connectivity index (χ2v) is 9.96. The number of carbonyl (C=O) groups excluding carboxylic acids is 1. The number of hydrogen-bond acceptors (Lipinski definition) is 4. The van der Waals surface area contributed by atoms with Gasteiger partial charge in [0.2, 0.25) is 5.91 Å². The minimum Gasteiger partial charge on any atom is -0.353 e. The van der Waals surface area contributed by atoms with Crippen LogP contribution < -0.4 is 4.90 Å². The monoisotopic (exact) mass is 502 g/mol. The van der Waals surface area contributed by atoms with Gasteiger partial charge in [-0.05, 0) is 43.5 Å². The Morgan fingerprint density at radius 2 is 1.53 bits per heavy atom. The SMILES string of the molecule is Cc1ccc(C)c(Cc2c(C)nc(-c3ccccc3)nc2N2CCN(C(=O)/C=C/c3ccccc3)CC2)c1. The molecule has 0 bridgehead atoms. The molecular weight excluding hydrogens is 468 g/mol. The number of nitrogens with zero attached hydrogens (tertiary/aromatic N) is 4. The van der Waals surface area contributed by atoms with Crippen molar-refractivity contribution < 1.29 is 4.79 Å². The van der Waals surface area contributed by atoms with Crippen molar-refractivity contribution in [1.29, 1.82) is 0 Å².